The number of aromatic nitrogens is 3. The molecule has 0 bridgehead atoms. The lowest BCUT2D eigenvalue weighted by Gasteiger charge is -2.42. The normalized spacial score (nSPS) is 23.0. The lowest BCUT2D eigenvalue weighted by atomic mass is 9.79. The molecule has 0 atom stereocenters. The van der Waals surface area contributed by atoms with Gasteiger partial charge in [0.15, 0.2) is 0 Å². The molecule has 2 N–H and O–H groups in total. The smallest absolute Gasteiger partial charge is 0.146 e. The molecular weight excluding hydrogens is 437 g/mol. The van der Waals surface area contributed by atoms with Crippen LogP contribution in [0, 0.1) is 9.49 Å². The number of halogens is 1. The highest BCUT2D eigenvalue weighted by Gasteiger charge is 2.34. The molecule has 1 aliphatic heterocycles. The fourth-order valence-electron chi connectivity index (χ4n) is 4.27. The summed E-state index contributed by atoms with van der Waals surface area (Å²) in [6.45, 7) is 3.83. The molecule has 1 aromatic carbocycles. The standard InChI is InChI=1S/C20H22IN5/c21-15-4-1-3-14(9-15)17-11-26(20-18(17)19(22)23-12-24-20)16-7-13(8-16)10-25-5-2-6-25/h1,3-4,9,11-13,16H,2,5-8,10H2,(H2,22,23,24)/t13-,16+. The first kappa shape index (κ1) is 16.5. The lowest BCUT2D eigenvalue weighted by molar-refractivity contribution is 0.0921. The molecular formula is C20H22IN5. The van der Waals surface area contributed by atoms with Crippen molar-refractivity contribution in [3.63, 3.8) is 0 Å². The van der Waals surface area contributed by atoms with Gasteiger partial charge in [-0.3, -0.25) is 0 Å². The second-order valence-corrected chi connectivity index (χ2v) is 8.81. The molecule has 0 spiro atoms. The monoisotopic (exact) mass is 459 g/mol. The van der Waals surface area contributed by atoms with Crippen LogP contribution in [0.3, 0.4) is 0 Å². The summed E-state index contributed by atoms with van der Waals surface area (Å²) in [5.74, 6) is 1.39. The summed E-state index contributed by atoms with van der Waals surface area (Å²) < 4.78 is 3.56. The molecule has 5 rings (SSSR count). The summed E-state index contributed by atoms with van der Waals surface area (Å²) >= 11 is 2.35. The maximum atomic E-state index is 6.25. The number of hydrogen-bond donors (Lipinski definition) is 1. The van der Waals surface area contributed by atoms with Crippen LogP contribution < -0.4 is 5.73 Å². The van der Waals surface area contributed by atoms with Crippen molar-refractivity contribution in [3.8, 4) is 11.1 Å². The summed E-state index contributed by atoms with van der Waals surface area (Å²) in [4.78, 5) is 11.4. The largest absolute Gasteiger partial charge is 0.383 e. The molecule has 2 aromatic heterocycles. The topological polar surface area (TPSA) is 60.0 Å². The highest BCUT2D eigenvalue weighted by atomic mass is 127. The average molecular weight is 459 g/mol. The van der Waals surface area contributed by atoms with Crippen LogP contribution in [0.15, 0.2) is 36.8 Å². The first-order valence-corrected chi connectivity index (χ1v) is 10.4. The number of nitrogens with two attached hydrogens (primary N) is 1. The van der Waals surface area contributed by atoms with Gasteiger partial charge in [0.05, 0.1) is 5.39 Å². The number of nitrogen functional groups attached to an aromatic ring is 1. The summed E-state index contributed by atoms with van der Waals surface area (Å²) in [5, 5.41) is 0.987. The van der Waals surface area contributed by atoms with E-state index in [2.05, 4.69) is 72.5 Å². The Hall–Kier alpha value is -1.67. The number of anilines is 1. The van der Waals surface area contributed by atoms with Gasteiger partial charge in [-0.25, -0.2) is 9.97 Å². The molecule has 2 aliphatic rings. The van der Waals surface area contributed by atoms with Crippen LogP contribution >= 0.6 is 22.6 Å². The van der Waals surface area contributed by atoms with E-state index >= 15 is 0 Å². The molecule has 6 heteroatoms. The summed E-state index contributed by atoms with van der Waals surface area (Å²) in [6, 6.07) is 9.05. The third-order valence-electron chi connectivity index (χ3n) is 5.84. The van der Waals surface area contributed by atoms with E-state index in [0.29, 0.717) is 11.9 Å². The zero-order chi connectivity index (χ0) is 17.7. The fourth-order valence-corrected chi connectivity index (χ4v) is 4.81. The zero-order valence-corrected chi connectivity index (χ0v) is 16.8. The fraction of sp³-hybridized carbons (Fsp3) is 0.400. The molecule has 0 radical (unpaired) electrons. The van der Waals surface area contributed by atoms with Gasteiger partial charge in [0.2, 0.25) is 0 Å². The van der Waals surface area contributed by atoms with Gasteiger partial charge in [-0.15, -0.1) is 0 Å². The van der Waals surface area contributed by atoms with Crippen molar-refractivity contribution in [2.24, 2.45) is 5.92 Å². The third-order valence-corrected chi connectivity index (χ3v) is 6.51. The first-order valence-electron chi connectivity index (χ1n) is 9.28. The SMILES string of the molecule is Nc1ncnc2c1c(-c1cccc(I)c1)cn2[C@H]1C[C@@H](CN2CCC2)C1. The van der Waals surface area contributed by atoms with Gasteiger partial charge >= 0.3 is 0 Å². The number of nitrogens with zero attached hydrogens (tertiary/aromatic N) is 4. The van der Waals surface area contributed by atoms with Crippen molar-refractivity contribution < 1.29 is 0 Å². The van der Waals surface area contributed by atoms with Crippen LogP contribution in [0.5, 0.6) is 0 Å². The quantitative estimate of drug-likeness (QED) is 0.601. The Morgan fingerprint density at radius 1 is 1.19 bits per heavy atom. The molecule has 1 saturated carbocycles. The minimum atomic E-state index is 0.523. The van der Waals surface area contributed by atoms with Crippen LogP contribution in [-0.4, -0.2) is 39.1 Å². The van der Waals surface area contributed by atoms with Gasteiger partial charge in [-0.2, -0.15) is 0 Å². The predicted octanol–water partition coefficient (Wildman–Crippen LogP) is 3.94. The van der Waals surface area contributed by atoms with Crippen LogP contribution in [0.1, 0.15) is 25.3 Å². The van der Waals surface area contributed by atoms with Crippen LogP contribution in [0.2, 0.25) is 0 Å². The van der Waals surface area contributed by atoms with E-state index in [-0.39, 0.29) is 0 Å². The van der Waals surface area contributed by atoms with Crippen molar-refractivity contribution in [2.45, 2.75) is 25.3 Å². The number of hydrogen-bond acceptors (Lipinski definition) is 4. The molecule has 5 nitrogen and oxygen atoms in total. The van der Waals surface area contributed by atoms with E-state index < -0.39 is 0 Å². The summed E-state index contributed by atoms with van der Waals surface area (Å²) in [6.07, 6.45) is 7.66. The summed E-state index contributed by atoms with van der Waals surface area (Å²) in [7, 11) is 0. The molecule has 1 saturated heterocycles. The predicted molar refractivity (Wildman–Crippen MR) is 113 cm³/mol. The Bertz CT molecular complexity index is 956. The number of likely N-dealkylation sites (tertiary alicyclic amines) is 1. The average Bonchev–Trinajstić information content (AvgIpc) is 2.93. The van der Waals surface area contributed by atoms with E-state index in [1.54, 1.807) is 6.33 Å². The third kappa shape index (κ3) is 2.79. The van der Waals surface area contributed by atoms with Crippen LogP contribution in [0.4, 0.5) is 5.82 Å². The highest BCUT2D eigenvalue weighted by Crippen LogP contribution is 2.43. The lowest BCUT2D eigenvalue weighted by Crippen LogP contribution is -2.43. The number of benzene rings is 1. The number of fused-ring (bicyclic) bond motifs is 1. The molecule has 0 amide bonds. The van der Waals surface area contributed by atoms with Gasteiger partial charge in [-0.05, 0) is 78.6 Å². The Kier molecular flexibility index (Phi) is 4.12. The molecule has 3 heterocycles. The first-order chi connectivity index (χ1) is 12.7. The van der Waals surface area contributed by atoms with E-state index in [1.165, 1.54) is 48.0 Å². The van der Waals surface area contributed by atoms with Gasteiger partial charge in [-0.1, -0.05) is 12.1 Å². The molecule has 0 unspecified atom stereocenters. The van der Waals surface area contributed by atoms with Crippen molar-refractivity contribution in [3.05, 3.63) is 40.4 Å². The van der Waals surface area contributed by atoms with Gasteiger partial charge in [0, 0.05) is 27.9 Å². The second-order valence-electron chi connectivity index (χ2n) is 7.56. The van der Waals surface area contributed by atoms with Gasteiger partial charge in [0.1, 0.15) is 17.8 Å². The van der Waals surface area contributed by atoms with E-state index in [1.807, 2.05) is 0 Å². The molecule has 134 valence electrons. The second kappa shape index (κ2) is 6.49. The zero-order valence-electron chi connectivity index (χ0n) is 14.6. The maximum absolute atomic E-state index is 6.25. The Morgan fingerprint density at radius 3 is 2.77 bits per heavy atom. The minimum absolute atomic E-state index is 0.523. The Morgan fingerprint density at radius 2 is 2.04 bits per heavy atom. The molecule has 3 aromatic rings. The van der Waals surface area contributed by atoms with E-state index in [4.69, 9.17) is 5.73 Å². The van der Waals surface area contributed by atoms with Gasteiger partial charge < -0.3 is 15.2 Å². The Labute approximate surface area is 166 Å². The molecule has 2 fully saturated rings. The van der Waals surface area contributed by atoms with E-state index in [0.717, 1.165) is 22.5 Å². The summed E-state index contributed by atoms with van der Waals surface area (Å²) in [5.41, 5.74) is 9.54. The Balaban J connectivity index is 1.50. The van der Waals surface area contributed by atoms with Crippen molar-refractivity contribution in [1.82, 2.24) is 19.4 Å². The van der Waals surface area contributed by atoms with Crippen LogP contribution in [-0.2, 0) is 0 Å². The molecule has 1 aliphatic carbocycles. The van der Waals surface area contributed by atoms with Crippen molar-refractivity contribution in [1.29, 1.82) is 0 Å². The van der Waals surface area contributed by atoms with Crippen molar-refractivity contribution >= 4 is 39.4 Å². The highest BCUT2D eigenvalue weighted by molar-refractivity contribution is 14.1. The maximum Gasteiger partial charge on any atom is 0.146 e. The van der Waals surface area contributed by atoms with Crippen molar-refractivity contribution in [2.75, 3.05) is 25.4 Å². The molecule has 26 heavy (non-hydrogen) atoms. The van der Waals surface area contributed by atoms with Crippen LogP contribution in [0.25, 0.3) is 22.2 Å². The number of rotatable bonds is 4. The van der Waals surface area contributed by atoms with Gasteiger partial charge in [0.25, 0.3) is 0 Å². The minimum Gasteiger partial charge on any atom is -0.383 e. The van der Waals surface area contributed by atoms with E-state index in [9.17, 15) is 0 Å².